The molecule has 4 rings (SSSR count). The molecule has 164 valence electrons. The summed E-state index contributed by atoms with van der Waals surface area (Å²) in [6.07, 6.45) is 8.40. The third-order valence-corrected chi connectivity index (χ3v) is 6.67. The fourth-order valence-corrected chi connectivity index (χ4v) is 4.87. The van der Waals surface area contributed by atoms with E-state index in [0.29, 0.717) is 31.7 Å². The molecule has 5 heteroatoms. The zero-order chi connectivity index (χ0) is 22.0. The molecule has 0 bridgehead atoms. The van der Waals surface area contributed by atoms with E-state index in [-0.39, 0.29) is 11.9 Å². The van der Waals surface area contributed by atoms with Crippen molar-refractivity contribution in [3.05, 3.63) is 52.5 Å². The number of halogens is 1. The Balaban J connectivity index is 1.78. The standard InChI is InChI=1S/C26H33FN4/c1-5-18-14-20-9-8-10-21(20)15-22(18)16-23-29-24-17(4)13-19(6-2)25(27)30-26(24)31(23)12-11-28-7-3/h7,14-15,19H,4-6,8-13,16H2,1-3H3. The third-order valence-electron chi connectivity index (χ3n) is 6.67. The monoisotopic (exact) mass is 420 g/mol. The number of aromatic nitrogens is 2. The first kappa shape index (κ1) is 21.7. The van der Waals surface area contributed by atoms with Gasteiger partial charge < -0.3 is 4.57 Å². The van der Waals surface area contributed by atoms with E-state index in [1.807, 2.05) is 13.8 Å². The number of aryl methyl sites for hydroxylation is 3. The molecule has 1 atom stereocenters. The molecule has 0 radical (unpaired) electrons. The van der Waals surface area contributed by atoms with E-state index in [0.717, 1.165) is 36.4 Å². The van der Waals surface area contributed by atoms with Crippen molar-refractivity contribution in [2.75, 3.05) is 6.54 Å². The maximum atomic E-state index is 14.9. The predicted molar refractivity (Wildman–Crippen MR) is 128 cm³/mol. The number of nitrogens with zero attached hydrogens (tertiary/aromatic N) is 4. The Morgan fingerprint density at radius 3 is 2.65 bits per heavy atom. The Morgan fingerprint density at radius 1 is 1.23 bits per heavy atom. The molecule has 1 aromatic heterocycles. The van der Waals surface area contributed by atoms with Crippen LogP contribution in [0.25, 0.3) is 5.57 Å². The summed E-state index contributed by atoms with van der Waals surface area (Å²) in [6.45, 7) is 11.6. The van der Waals surface area contributed by atoms with Gasteiger partial charge in [0.05, 0.1) is 6.54 Å². The summed E-state index contributed by atoms with van der Waals surface area (Å²) in [5.41, 5.74) is 7.31. The van der Waals surface area contributed by atoms with Crippen molar-refractivity contribution in [1.29, 1.82) is 0 Å². The molecule has 0 spiro atoms. The van der Waals surface area contributed by atoms with Gasteiger partial charge in [0.15, 0.2) is 11.8 Å². The first-order chi connectivity index (χ1) is 15.0. The van der Waals surface area contributed by atoms with Crippen molar-refractivity contribution < 1.29 is 4.39 Å². The highest BCUT2D eigenvalue weighted by atomic mass is 19.1. The Hall–Kier alpha value is -2.56. The largest absolute Gasteiger partial charge is 0.310 e. The molecule has 0 saturated heterocycles. The number of imidazole rings is 1. The highest BCUT2D eigenvalue weighted by molar-refractivity contribution is 5.87. The number of hydrogen-bond donors (Lipinski definition) is 0. The lowest BCUT2D eigenvalue weighted by Gasteiger charge is -2.14. The van der Waals surface area contributed by atoms with Crippen LogP contribution in [0.2, 0.25) is 0 Å². The van der Waals surface area contributed by atoms with Gasteiger partial charge in [0, 0.05) is 18.9 Å². The predicted octanol–water partition coefficient (Wildman–Crippen LogP) is 6.06. The molecule has 0 N–H and O–H groups in total. The summed E-state index contributed by atoms with van der Waals surface area (Å²) in [5, 5.41) is 0. The fourth-order valence-electron chi connectivity index (χ4n) is 4.87. The Morgan fingerprint density at radius 2 is 1.97 bits per heavy atom. The lowest BCUT2D eigenvalue weighted by atomic mass is 9.96. The molecule has 1 unspecified atom stereocenters. The number of fused-ring (bicyclic) bond motifs is 2. The van der Waals surface area contributed by atoms with Crippen molar-refractivity contribution in [3.8, 4) is 0 Å². The van der Waals surface area contributed by atoms with Crippen LogP contribution in [0.5, 0.6) is 0 Å². The van der Waals surface area contributed by atoms with Crippen LogP contribution in [-0.2, 0) is 32.2 Å². The summed E-state index contributed by atoms with van der Waals surface area (Å²) in [5.74, 6) is 1.02. The third kappa shape index (κ3) is 4.28. The number of benzene rings is 1. The fraction of sp³-hybridized carbons (Fsp3) is 0.500. The van der Waals surface area contributed by atoms with Gasteiger partial charge in [-0.15, -0.1) is 0 Å². The average molecular weight is 421 g/mol. The number of allylic oxidation sites excluding steroid dienone is 1. The first-order valence-corrected chi connectivity index (χ1v) is 11.6. The van der Waals surface area contributed by atoms with Gasteiger partial charge in [0.2, 0.25) is 0 Å². The van der Waals surface area contributed by atoms with Crippen LogP contribution in [0.3, 0.4) is 0 Å². The molecule has 2 heterocycles. The van der Waals surface area contributed by atoms with Gasteiger partial charge in [-0.1, -0.05) is 32.6 Å². The molecule has 2 aromatic rings. The van der Waals surface area contributed by atoms with Crippen molar-refractivity contribution >= 4 is 23.6 Å². The van der Waals surface area contributed by atoms with E-state index in [1.165, 1.54) is 35.1 Å². The number of hydrogen-bond acceptors (Lipinski definition) is 3. The zero-order valence-electron chi connectivity index (χ0n) is 19.0. The SMILES string of the molecule is C=C1CC(CC)C(F)=Nc2c1nc(Cc1cc3c(cc1CC)CCC3)n2CCN=CC. The highest BCUT2D eigenvalue weighted by Gasteiger charge is 2.27. The van der Waals surface area contributed by atoms with E-state index in [4.69, 9.17) is 4.98 Å². The Bertz CT molecular complexity index is 1040. The second kappa shape index (κ2) is 9.29. The van der Waals surface area contributed by atoms with Crippen LogP contribution >= 0.6 is 0 Å². The van der Waals surface area contributed by atoms with Crippen molar-refractivity contribution in [2.24, 2.45) is 15.9 Å². The van der Waals surface area contributed by atoms with Crippen molar-refractivity contribution in [3.63, 3.8) is 0 Å². The second-order valence-corrected chi connectivity index (χ2v) is 8.64. The van der Waals surface area contributed by atoms with Gasteiger partial charge >= 0.3 is 0 Å². The van der Waals surface area contributed by atoms with Gasteiger partial charge in [-0.05, 0) is 79.5 Å². The Kier molecular flexibility index (Phi) is 6.49. The smallest absolute Gasteiger partial charge is 0.194 e. The zero-order valence-corrected chi connectivity index (χ0v) is 19.0. The summed E-state index contributed by atoms with van der Waals surface area (Å²) in [7, 11) is 0. The lowest BCUT2D eigenvalue weighted by molar-refractivity contribution is 0.600. The minimum atomic E-state index is -0.305. The van der Waals surface area contributed by atoms with Gasteiger partial charge in [0.1, 0.15) is 11.5 Å². The van der Waals surface area contributed by atoms with Gasteiger partial charge in [-0.2, -0.15) is 4.39 Å². The quantitative estimate of drug-likeness (QED) is 0.502. The maximum absolute atomic E-state index is 14.9. The van der Waals surface area contributed by atoms with E-state index in [2.05, 4.69) is 40.2 Å². The van der Waals surface area contributed by atoms with E-state index >= 15 is 0 Å². The van der Waals surface area contributed by atoms with Gasteiger partial charge in [-0.3, -0.25) is 4.99 Å². The van der Waals surface area contributed by atoms with Crippen LogP contribution in [0.1, 0.15) is 73.8 Å². The minimum Gasteiger partial charge on any atom is -0.310 e. The molecule has 31 heavy (non-hydrogen) atoms. The molecule has 0 saturated carbocycles. The molecular weight excluding hydrogens is 387 g/mol. The molecule has 1 aliphatic carbocycles. The molecular formula is C26H33FN4. The topological polar surface area (TPSA) is 42.5 Å². The molecule has 1 aliphatic heterocycles. The second-order valence-electron chi connectivity index (χ2n) is 8.64. The van der Waals surface area contributed by atoms with E-state index < -0.39 is 0 Å². The minimum absolute atomic E-state index is 0.212. The van der Waals surface area contributed by atoms with E-state index in [9.17, 15) is 4.39 Å². The number of rotatable bonds is 7. The van der Waals surface area contributed by atoms with Gasteiger partial charge in [-0.25, -0.2) is 9.98 Å². The van der Waals surface area contributed by atoms with Gasteiger partial charge in [0.25, 0.3) is 0 Å². The molecule has 0 fully saturated rings. The van der Waals surface area contributed by atoms with Crippen LogP contribution in [0, 0.1) is 5.92 Å². The van der Waals surface area contributed by atoms with Crippen LogP contribution in [-0.4, -0.2) is 28.3 Å². The maximum Gasteiger partial charge on any atom is 0.194 e. The van der Waals surface area contributed by atoms with Crippen LogP contribution in [0.15, 0.2) is 28.7 Å². The highest BCUT2D eigenvalue weighted by Crippen LogP contribution is 2.37. The number of aliphatic imine (C=N–C) groups is 2. The van der Waals surface area contributed by atoms with E-state index in [1.54, 1.807) is 6.21 Å². The molecule has 0 amide bonds. The van der Waals surface area contributed by atoms with Crippen molar-refractivity contribution in [2.45, 2.75) is 72.3 Å². The summed E-state index contributed by atoms with van der Waals surface area (Å²) >= 11 is 0. The van der Waals surface area contributed by atoms with Crippen molar-refractivity contribution in [1.82, 2.24) is 9.55 Å². The first-order valence-electron chi connectivity index (χ1n) is 11.6. The summed E-state index contributed by atoms with van der Waals surface area (Å²) < 4.78 is 16.9. The van der Waals surface area contributed by atoms with Crippen LogP contribution < -0.4 is 0 Å². The summed E-state index contributed by atoms with van der Waals surface area (Å²) in [4.78, 5) is 13.8. The molecule has 2 aliphatic rings. The molecule has 1 aromatic carbocycles. The lowest BCUT2D eigenvalue weighted by Crippen LogP contribution is -2.10. The summed E-state index contributed by atoms with van der Waals surface area (Å²) in [6, 6.07) is 4.77. The van der Waals surface area contributed by atoms with Crippen LogP contribution in [0.4, 0.5) is 10.2 Å². The average Bonchev–Trinajstić information content (AvgIpc) is 3.33. The molecule has 4 nitrogen and oxygen atoms in total. The Labute approximate surface area is 185 Å². The normalized spacial score (nSPS) is 18.3.